The van der Waals surface area contributed by atoms with Crippen LogP contribution in [-0.4, -0.2) is 30.0 Å². The molecule has 1 atom stereocenters. The van der Waals surface area contributed by atoms with Gasteiger partial charge in [-0.15, -0.1) is 0 Å². The highest BCUT2D eigenvalue weighted by Crippen LogP contribution is 2.14. The van der Waals surface area contributed by atoms with Gasteiger partial charge in [0.15, 0.2) is 0 Å². The van der Waals surface area contributed by atoms with Crippen LogP contribution in [0.15, 0.2) is 24.3 Å². The minimum Gasteiger partial charge on any atom is -0.326 e. The Kier molecular flexibility index (Phi) is 5.73. The third kappa shape index (κ3) is 4.88. The van der Waals surface area contributed by atoms with Crippen molar-refractivity contribution in [2.45, 2.75) is 32.2 Å². The lowest BCUT2D eigenvalue weighted by atomic mass is 10.1. The van der Waals surface area contributed by atoms with Crippen LogP contribution in [0.4, 0.5) is 5.69 Å². The predicted octanol–water partition coefficient (Wildman–Crippen LogP) is 2.67. The molecule has 0 aliphatic carbocycles. The van der Waals surface area contributed by atoms with E-state index < -0.39 is 0 Å². The molecule has 2 rings (SSSR count). The van der Waals surface area contributed by atoms with Gasteiger partial charge in [0.1, 0.15) is 0 Å². The van der Waals surface area contributed by atoms with Gasteiger partial charge in [0.2, 0.25) is 5.91 Å². The number of hydrogen-bond donors (Lipinski definition) is 2. The van der Waals surface area contributed by atoms with E-state index in [9.17, 15) is 4.79 Å². The fourth-order valence-corrected chi connectivity index (χ4v) is 3.18. The summed E-state index contributed by atoms with van der Waals surface area (Å²) in [6.45, 7) is 3.18. The van der Waals surface area contributed by atoms with E-state index in [-0.39, 0.29) is 5.91 Å². The Morgan fingerprint density at radius 1 is 1.42 bits per heavy atom. The first-order chi connectivity index (χ1) is 9.28. The summed E-state index contributed by atoms with van der Waals surface area (Å²) in [6.07, 6.45) is 2.80. The van der Waals surface area contributed by atoms with E-state index in [1.54, 1.807) is 0 Å². The molecule has 19 heavy (non-hydrogen) atoms. The summed E-state index contributed by atoms with van der Waals surface area (Å²) in [5.41, 5.74) is 2.22. The van der Waals surface area contributed by atoms with Crippen molar-refractivity contribution in [1.82, 2.24) is 5.32 Å². The molecule has 0 aromatic heterocycles. The number of hydrogen-bond acceptors (Lipinski definition) is 3. The minimum absolute atomic E-state index is 0.100. The van der Waals surface area contributed by atoms with Crippen molar-refractivity contribution >= 4 is 23.4 Å². The van der Waals surface area contributed by atoms with Crippen LogP contribution in [0.3, 0.4) is 0 Å². The SMILES string of the molecule is CCCc1ccc(NC(=O)CC2CSCCN2)cc1. The number of anilines is 1. The summed E-state index contributed by atoms with van der Waals surface area (Å²) >= 11 is 1.92. The molecule has 104 valence electrons. The third-order valence-electron chi connectivity index (χ3n) is 3.21. The molecule has 4 heteroatoms. The second-order valence-electron chi connectivity index (χ2n) is 4.93. The molecule has 2 N–H and O–H groups in total. The van der Waals surface area contributed by atoms with E-state index in [4.69, 9.17) is 0 Å². The van der Waals surface area contributed by atoms with E-state index in [1.807, 2.05) is 23.9 Å². The molecule has 1 heterocycles. The van der Waals surface area contributed by atoms with Crippen LogP contribution in [0.2, 0.25) is 0 Å². The first-order valence-corrected chi connectivity index (χ1v) is 8.13. The molecule has 0 radical (unpaired) electrons. The van der Waals surface area contributed by atoms with Gasteiger partial charge in [-0.25, -0.2) is 0 Å². The molecule has 1 aliphatic heterocycles. The zero-order valence-electron chi connectivity index (χ0n) is 11.4. The van der Waals surface area contributed by atoms with Gasteiger partial charge in [0, 0.05) is 36.2 Å². The summed E-state index contributed by atoms with van der Waals surface area (Å²) in [4.78, 5) is 11.9. The summed E-state index contributed by atoms with van der Waals surface area (Å²) < 4.78 is 0. The van der Waals surface area contributed by atoms with Crippen LogP contribution in [0.5, 0.6) is 0 Å². The van der Waals surface area contributed by atoms with Gasteiger partial charge in [-0.3, -0.25) is 4.79 Å². The lowest BCUT2D eigenvalue weighted by Gasteiger charge is -2.22. The summed E-state index contributed by atoms with van der Waals surface area (Å²) in [7, 11) is 0. The van der Waals surface area contributed by atoms with E-state index in [0.717, 1.165) is 36.6 Å². The van der Waals surface area contributed by atoms with Crippen molar-refractivity contribution in [2.75, 3.05) is 23.4 Å². The van der Waals surface area contributed by atoms with Crippen LogP contribution in [0.25, 0.3) is 0 Å². The summed E-state index contributed by atoms with van der Waals surface area (Å²) in [6, 6.07) is 8.48. The molecule has 1 aliphatic rings. The largest absolute Gasteiger partial charge is 0.326 e. The average molecular weight is 278 g/mol. The summed E-state index contributed by atoms with van der Waals surface area (Å²) in [5.74, 6) is 2.28. The lowest BCUT2D eigenvalue weighted by molar-refractivity contribution is -0.116. The van der Waals surface area contributed by atoms with Gasteiger partial charge in [-0.05, 0) is 24.1 Å². The number of nitrogens with one attached hydrogen (secondary N) is 2. The third-order valence-corrected chi connectivity index (χ3v) is 4.34. The Bertz CT molecular complexity index is 399. The van der Waals surface area contributed by atoms with Crippen LogP contribution >= 0.6 is 11.8 Å². The maximum atomic E-state index is 11.9. The van der Waals surface area contributed by atoms with Gasteiger partial charge < -0.3 is 10.6 Å². The van der Waals surface area contributed by atoms with Crippen LogP contribution in [0.1, 0.15) is 25.3 Å². The molecule has 1 aromatic rings. The fourth-order valence-electron chi connectivity index (χ4n) is 2.23. The van der Waals surface area contributed by atoms with Crippen LogP contribution in [0, 0.1) is 0 Å². The lowest BCUT2D eigenvalue weighted by Crippen LogP contribution is -2.39. The van der Waals surface area contributed by atoms with E-state index >= 15 is 0 Å². The number of aryl methyl sites for hydroxylation is 1. The van der Waals surface area contributed by atoms with Crippen molar-refractivity contribution in [1.29, 1.82) is 0 Å². The molecule has 0 saturated carbocycles. The number of benzene rings is 1. The molecule has 1 saturated heterocycles. The molecule has 0 bridgehead atoms. The quantitative estimate of drug-likeness (QED) is 0.870. The highest BCUT2D eigenvalue weighted by atomic mass is 32.2. The van der Waals surface area contributed by atoms with E-state index in [1.165, 1.54) is 5.56 Å². The number of rotatable bonds is 5. The predicted molar refractivity (Wildman–Crippen MR) is 82.8 cm³/mol. The fraction of sp³-hybridized carbons (Fsp3) is 0.533. The Morgan fingerprint density at radius 2 is 2.21 bits per heavy atom. The van der Waals surface area contributed by atoms with Gasteiger partial charge in [-0.2, -0.15) is 11.8 Å². The first-order valence-electron chi connectivity index (χ1n) is 6.98. The van der Waals surface area contributed by atoms with E-state index in [2.05, 4.69) is 29.7 Å². The molecular formula is C15H22N2OS. The zero-order chi connectivity index (χ0) is 13.5. The molecule has 3 nitrogen and oxygen atoms in total. The molecular weight excluding hydrogens is 256 g/mol. The highest BCUT2D eigenvalue weighted by molar-refractivity contribution is 7.99. The second-order valence-corrected chi connectivity index (χ2v) is 6.08. The molecule has 0 spiro atoms. The smallest absolute Gasteiger partial charge is 0.225 e. The Labute approximate surface area is 119 Å². The topological polar surface area (TPSA) is 41.1 Å². The standard InChI is InChI=1S/C15H22N2OS/c1-2-3-12-4-6-13(7-5-12)17-15(18)10-14-11-19-9-8-16-14/h4-7,14,16H,2-3,8-11H2,1H3,(H,17,18). The Balaban J connectivity index is 1.80. The molecule has 1 amide bonds. The number of thioether (sulfide) groups is 1. The van der Waals surface area contributed by atoms with Gasteiger partial charge in [0.25, 0.3) is 0 Å². The van der Waals surface area contributed by atoms with Crippen molar-refractivity contribution in [3.8, 4) is 0 Å². The summed E-state index contributed by atoms with van der Waals surface area (Å²) in [5, 5.41) is 6.35. The van der Waals surface area contributed by atoms with Crippen molar-refractivity contribution in [2.24, 2.45) is 0 Å². The number of carbonyl (C=O) groups is 1. The van der Waals surface area contributed by atoms with Crippen LogP contribution in [-0.2, 0) is 11.2 Å². The second kappa shape index (κ2) is 7.56. The zero-order valence-corrected chi connectivity index (χ0v) is 12.3. The van der Waals surface area contributed by atoms with E-state index in [0.29, 0.717) is 12.5 Å². The minimum atomic E-state index is 0.100. The molecule has 1 aromatic carbocycles. The molecule has 1 fully saturated rings. The Hall–Kier alpha value is -1.00. The van der Waals surface area contributed by atoms with Gasteiger partial charge in [0.05, 0.1) is 0 Å². The van der Waals surface area contributed by atoms with Crippen molar-refractivity contribution in [3.63, 3.8) is 0 Å². The van der Waals surface area contributed by atoms with Crippen molar-refractivity contribution < 1.29 is 4.79 Å². The maximum Gasteiger partial charge on any atom is 0.225 e. The number of carbonyl (C=O) groups excluding carboxylic acids is 1. The highest BCUT2D eigenvalue weighted by Gasteiger charge is 2.16. The van der Waals surface area contributed by atoms with Gasteiger partial charge in [-0.1, -0.05) is 25.5 Å². The average Bonchev–Trinajstić information content (AvgIpc) is 2.42. The Morgan fingerprint density at radius 3 is 2.84 bits per heavy atom. The van der Waals surface area contributed by atoms with Gasteiger partial charge >= 0.3 is 0 Å². The number of amides is 1. The normalized spacial score (nSPS) is 19.1. The molecule has 1 unspecified atom stereocenters. The maximum absolute atomic E-state index is 11.9. The monoisotopic (exact) mass is 278 g/mol. The van der Waals surface area contributed by atoms with Crippen LogP contribution < -0.4 is 10.6 Å². The van der Waals surface area contributed by atoms with Crippen molar-refractivity contribution in [3.05, 3.63) is 29.8 Å². The first kappa shape index (κ1) is 14.4.